The molecule has 0 aromatic carbocycles. The topological polar surface area (TPSA) is 27.3 Å². The molecule has 1 aliphatic heterocycles. The van der Waals surface area contributed by atoms with Gasteiger partial charge in [-0.15, -0.1) is 0 Å². The number of nitrogens with one attached hydrogen (secondary N) is 2. The quantitative estimate of drug-likeness (QED) is 0.523. The van der Waals surface area contributed by atoms with Crippen LogP contribution in [-0.2, 0) is 0 Å². The van der Waals surface area contributed by atoms with Gasteiger partial charge in [0.25, 0.3) is 0 Å². The van der Waals surface area contributed by atoms with Crippen molar-refractivity contribution in [1.82, 2.24) is 14.4 Å². The third kappa shape index (κ3) is 1.19. The van der Waals surface area contributed by atoms with Crippen molar-refractivity contribution >= 4 is 16.8 Å². The Kier molecular flexibility index (Phi) is 1.81. The predicted molar refractivity (Wildman–Crippen MR) is 49.0 cm³/mol. The molecule has 0 amide bonds. The van der Waals surface area contributed by atoms with Gasteiger partial charge in [-0.2, -0.15) is 0 Å². The number of nitrogens with zero attached hydrogens (tertiary/aromatic N) is 1. The summed E-state index contributed by atoms with van der Waals surface area (Å²) < 4.78 is 2.54. The van der Waals surface area contributed by atoms with Gasteiger partial charge in [-0.25, -0.2) is 0 Å². The molecule has 0 aromatic heterocycles. The van der Waals surface area contributed by atoms with Crippen molar-refractivity contribution in [2.24, 2.45) is 0 Å². The van der Waals surface area contributed by atoms with Crippen molar-refractivity contribution in [3.05, 3.63) is 0 Å². The van der Waals surface area contributed by atoms with Gasteiger partial charge in [0.05, 0.1) is 0 Å². The molecule has 1 heterocycles. The summed E-state index contributed by atoms with van der Waals surface area (Å²) in [7, 11) is -0.262. The largest absolute Gasteiger partial charge is 0.323 e. The summed E-state index contributed by atoms with van der Waals surface area (Å²) in [5, 5.41) is 6.82. The third-order valence-electron chi connectivity index (χ3n) is 2.35. The molecule has 0 radical (unpaired) electrons. The van der Waals surface area contributed by atoms with Crippen molar-refractivity contribution in [2.75, 3.05) is 7.05 Å². The fourth-order valence-corrected chi connectivity index (χ4v) is 9.88. The van der Waals surface area contributed by atoms with Gasteiger partial charge in [-0.3, -0.25) is 10.2 Å². The van der Waals surface area contributed by atoms with E-state index in [-0.39, 0.29) is 0 Å². The average molecular weight is 175 g/mol. The van der Waals surface area contributed by atoms with Gasteiger partial charge >= 0.3 is 0 Å². The Bertz CT molecular complexity index is 130. The van der Waals surface area contributed by atoms with E-state index in [0.29, 0.717) is 0 Å². The van der Waals surface area contributed by atoms with Gasteiger partial charge in [0, 0.05) is 0 Å². The standard InChI is InChI=1S/C5H17N3Si2/c1-8-9(2,3)6-7-10(8,4)5/h6-7H,1-5H3. The highest BCUT2D eigenvalue weighted by molar-refractivity contribution is 6.91. The first kappa shape index (κ1) is 8.41. The summed E-state index contributed by atoms with van der Waals surface area (Å²) in [5.41, 5.74) is 0. The summed E-state index contributed by atoms with van der Waals surface area (Å²) in [6.07, 6.45) is 0. The molecule has 2 N–H and O–H groups in total. The van der Waals surface area contributed by atoms with Crippen LogP contribution < -0.4 is 10.2 Å². The Labute approximate surface area is 65.1 Å². The van der Waals surface area contributed by atoms with Crippen molar-refractivity contribution in [2.45, 2.75) is 26.2 Å². The first-order chi connectivity index (χ1) is 4.36. The highest BCUT2D eigenvalue weighted by Crippen LogP contribution is 2.16. The van der Waals surface area contributed by atoms with Crippen LogP contribution in [0.5, 0.6) is 0 Å². The van der Waals surface area contributed by atoms with Gasteiger partial charge in [0.2, 0.25) is 16.8 Å². The Balaban J connectivity index is 2.77. The molecule has 10 heavy (non-hydrogen) atoms. The van der Waals surface area contributed by atoms with E-state index in [0.717, 1.165) is 0 Å². The molecule has 0 saturated carbocycles. The fraction of sp³-hybridized carbons (Fsp3) is 1.00. The summed E-state index contributed by atoms with van der Waals surface area (Å²) in [4.78, 5) is 0. The molecule has 0 aliphatic carbocycles. The second-order valence-electron chi connectivity index (χ2n) is 3.93. The molecule has 5 heteroatoms. The van der Waals surface area contributed by atoms with E-state index in [2.05, 4.69) is 47.6 Å². The van der Waals surface area contributed by atoms with Crippen LogP contribution in [0.3, 0.4) is 0 Å². The number of hydrazine groups is 1. The van der Waals surface area contributed by atoms with Crippen LogP contribution in [0, 0.1) is 0 Å². The molecule has 1 fully saturated rings. The third-order valence-corrected chi connectivity index (χ3v) is 10.8. The maximum atomic E-state index is 3.41. The lowest BCUT2D eigenvalue weighted by atomic mass is 11.6. The van der Waals surface area contributed by atoms with Crippen molar-refractivity contribution in [3.8, 4) is 0 Å². The minimum Gasteiger partial charge on any atom is -0.323 e. The van der Waals surface area contributed by atoms with Crippen molar-refractivity contribution in [1.29, 1.82) is 0 Å². The molecule has 3 nitrogen and oxygen atoms in total. The van der Waals surface area contributed by atoms with E-state index >= 15 is 0 Å². The van der Waals surface area contributed by atoms with Gasteiger partial charge in [0.15, 0.2) is 0 Å². The molecule has 0 atom stereocenters. The lowest BCUT2D eigenvalue weighted by Gasteiger charge is -2.30. The van der Waals surface area contributed by atoms with Crippen LogP contribution in [0.25, 0.3) is 0 Å². The molecular weight excluding hydrogens is 158 g/mol. The Morgan fingerprint density at radius 1 is 0.900 bits per heavy atom. The van der Waals surface area contributed by atoms with Gasteiger partial charge < -0.3 is 4.23 Å². The van der Waals surface area contributed by atoms with Gasteiger partial charge in [-0.05, 0) is 33.2 Å². The molecular formula is C5H17N3Si2. The normalized spacial score (nSPS) is 30.9. The van der Waals surface area contributed by atoms with Crippen LogP contribution in [0.15, 0.2) is 0 Å². The zero-order valence-corrected chi connectivity index (χ0v) is 9.45. The smallest absolute Gasteiger partial charge is 0.204 e. The first-order valence-electron chi connectivity index (χ1n) is 3.64. The predicted octanol–water partition coefficient (Wildman–Crippen LogP) is 0.430. The maximum absolute atomic E-state index is 3.41. The second kappa shape index (κ2) is 2.15. The number of rotatable bonds is 0. The molecule has 60 valence electrons. The first-order valence-corrected chi connectivity index (χ1v) is 9.54. The van der Waals surface area contributed by atoms with Crippen molar-refractivity contribution < 1.29 is 0 Å². The zero-order chi connectivity index (χ0) is 7.99. The zero-order valence-electron chi connectivity index (χ0n) is 7.45. The molecule has 1 saturated heterocycles. The van der Waals surface area contributed by atoms with Crippen LogP contribution in [0.2, 0.25) is 26.2 Å². The summed E-state index contributed by atoms with van der Waals surface area (Å²) in [6.45, 7) is 9.28. The average Bonchev–Trinajstić information content (AvgIpc) is 1.95. The lowest BCUT2D eigenvalue weighted by molar-refractivity contribution is 0.770. The molecule has 0 unspecified atom stereocenters. The minimum absolute atomic E-state index is 1.24. The minimum atomic E-state index is -1.24. The summed E-state index contributed by atoms with van der Waals surface area (Å²) >= 11 is 0. The van der Waals surface area contributed by atoms with Crippen LogP contribution in [0.1, 0.15) is 0 Å². The molecule has 1 rings (SSSR count). The lowest BCUT2D eigenvalue weighted by Crippen LogP contribution is -2.56. The van der Waals surface area contributed by atoms with E-state index in [9.17, 15) is 0 Å². The molecule has 1 aliphatic rings. The molecule has 0 aromatic rings. The van der Waals surface area contributed by atoms with E-state index in [1.54, 1.807) is 0 Å². The summed E-state index contributed by atoms with van der Waals surface area (Å²) in [6, 6.07) is 0. The highest BCUT2D eigenvalue weighted by Gasteiger charge is 2.45. The SMILES string of the molecule is CN1[Si](C)(C)NN[Si]1(C)C. The molecule has 0 spiro atoms. The number of hydrogen-bond donors (Lipinski definition) is 2. The van der Waals surface area contributed by atoms with Crippen molar-refractivity contribution in [3.63, 3.8) is 0 Å². The number of hydrogen-bond acceptors (Lipinski definition) is 3. The summed E-state index contributed by atoms with van der Waals surface area (Å²) in [5.74, 6) is 0. The Morgan fingerprint density at radius 3 is 1.30 bits per heavy atom. The fourth-order valence-electron chi connectivity index (χ4n) is 1.17. The van der Waals surface area contributed by atoms with Crippen LogP contribution in [-0.4, -0.2) is 28.1 Å². The van der Waals surface area contributed by atoms with Crippen LogP contribution >= 0.6 is 0 Å². The van der Waals surface area contributed by atoms with E-state index in [4.69, 9.17) is 0 Å². The second-order valence-corrected chi connectivity index (χ2v) is 12.5. The Morgan fingerprint density at radius 2 is 1.20 bits per heavy atom. The van der Waals surface area contributed by atoms with E-state index in [1.807, 2.05) is 0 Å². The molecule has 0 bridgehead atoms. The van der Waals surface area contributed by atoms with E-state index in [1.165, 1.54) is 0 Å². The Hall–Kier alpha value is 0.314. The highest BCUT2D eigenvalue weighted by atomic mass is 28.4. The van der Waals surface area contributed by atoms with Crippen LogP contribution in [0.4, 0.5) is 0 Å². The monoisotopic (exact) mass is 175 g/mol. The van der Waals surface area contributed by atoms with Gasteiger partial charge in [-0.1, -0.05) is 0 Å². The van der Waals surface area contributed by atoms with Gasteiger partial charge in [0.1, 0.15) is 0 Å². The van der Waals surface area contributed by atoms with E-state index < -0.39 is 16.8 Å². The maximum Gasteiger partial charge on any atom is 0.204 e.